The van der Waals surface area contributed by atoms with Crippen LogP contribution in [0.2, 0.25) is 0 Å². The van der Waals surface area contributed by atoms with Gasteiger partial charge in [-0.15, -0.1) is 0 Å². The Morgan fingerprint density at radius 1 is 0.418 bits per heavy atom. The Hall–Kier alpha value is -6.59. The van der Waals surface area contributed by atoms with Crippen LogP contribution in [0, 0.1) is 0 Å². The molecule has 55 heavy (non-hydrogen) atoms. The summed E-state index contributed by atoms with van der Waals surface area (Å²) in [5.74, 6) is 1.61. The average Bonchev–Trinajstić information content (AvgIpc) is 3.91. The Morgan fingerprint density at radius 3 is 1.25 bits per heavy atom. The summed E-state index contributed by atoms with van der Waals surface area (Å²) in [5, 5.41) is 12.9. The first-order chi connectivity index (χ1) is 27.0. The zero-order chi connectivity index (χ0) is 37.2. The Kier molecular flexibility index (Phi) is 7.84. The van der Waals surface area contributed by atoms with Gasteiger partial charge in [0.25, 0.3) is 0 Å². The summed E-state index contributed by atoms with van der Waals surface area (Å²) in [7, 11) is 0. The van der Waals surface area contributed by atoms with E-state index in [1.165, 1.54) is 60.4 Å². The van der Waals surface area contributed by atoms with Crippen molar-refractivity contribution in [1.29, 1.82) is 0 Å². The van der Waals surface area contributed by atoms with Crippen LogP contribution in [0.15, 0.2) is 169 Å². The fraction of sp³-hybridized carbons (Fsp3) is 0.140. The van der Waals surface area contributed by atoms with E-state index in [9.17, 15) is 0 Å². The Balaban J connectivity index is 1.31. The van der Waals surface area contributed by atoms with E-state index >= 15 is 0 Å². The van der Waals surface area contributed by atoms with Crippen molar-refractivity contribution in [2.45, 2.75) is 39.5 Å². The monoisotopic (exact) mass is 713 g/mol. The van der Waals surface area contributed by atoms with Crippen molar-refractivity contribution in [2.75, 3.05) is 16.6 Å². The lowest BCUT2D eigenvalue weighted by Gasteiger charge is -2.30. The number of anilines is 2. The number of aromatic nitrogens is 2. The predicted octanol–water partition coefficient (Wildman–Crippen LogP) is 12.8. The highest BCUT2D eigenvalue weighted by molar-refractivity contribution is 6.14. The number of fused-ring (bicyclic) bond motifs is 6. The minimum atomic E-state index is 0.331. The van der Waals surface area contributed by atoms with E-state index < -0.39 is 0 Å². The molecule has 5 nitrogen and oxygen atoms in total. The first kappa shape index (κ1) is 33.0. The smallest absolute Gasteiger partial charge is 0.162 e. The molecule has 10 rings (SSSR count). The van der Waals surface area contributed by atoms with Crippen LogP contribution in [0.5, 0.6) is 0 Å². The van der Waals surface area contributed by atoms with E-state index in [0.29, 0.717) is 18.5 Å². The van der Waals surface area contributed by atoms with Gasteiger partial charge >= 0.3 is 0 Å². The predicted molar refractivity (Wildman–Crippen MR) is 233 cm³/mol. The SMILES string of the molecule is CC(C)c1cccc(C(C)C)c1N1CN(c2c(-n3c4ccccc4c4ccccc43)cccc2-n2c3ccccc3c3ccccc32)N=C1c1ccccc1. The first-order valence-corrected chi connectivity index (χ1v) is 19.4. The maximum Gasteiger partial charge on any atom is 0.162 e. The third kappa shape index (κ3) is 5.18. The second-order valence-electron chi connectivity index (χ2n) is 15.2. The van der Waals surface area contributed by atoms with Crippen LogP contribution in [0.1, 0.15) is 56.2 Å². The van der Waals surface area contributed by atoms with Crippen molar-refractivity contribution < 1.29 is 0 Å². The molecule has 0 radical (unpaired) electrons. The molecule has 1 aliphatic heterocycles. The topological polar surface area (TPSA) is 28.7 Å². The summed E-state index contributed by atoms with van der Waals surface area (Å²) in [6.45, 7) is 9.75. The highest BCUT2D eigenvalue weighted by Gasteiger charge is 2.34. The molecule has 0 unspecified atom stereocenters. The van der Waals surface area contributed by atoms with Gasteiger partial charge in [0.1, 0.15) is 12.4 Å². The van der Waals surface area contributed by atoms with E-state index in [1.807, 2.05) is 0 Å². The third-order valence-electron chi connectivity index (χ3n) is 11.3. The van der Waals surface area contributed by atoms with Crippen LogP contribution in [0.3, 0.4) is 0 Å². The number of hydrogen-bond donors (Lipinski definition) is 0. The molecule has 5 heteroatoms. The number of hydrogen-bond acceptors (Lipinski definition) is 3. The van der Waals surface area contributed by atoms with Gasteiger partial charge in [-0.2, -0.15) is 5.10 Å². The maximum absolute atomic E-state index is 5.70. The molecular weight excluding hydrogens is 671 g/mol. The van der Waals surface area contributed by atoms with Crippen molar-refractivity contribution in [2.24, 2.45) is 5.10 Å². The summed E-state index contributed by atoms with van der Waals surface area (Å²) in [6, 6.07) is 59.4. The van der Waals surface area contributed by atoms with Gasteiger partial charge in [0, 0.05) is 27.1 Å². The van der Waals surface area contributed by atoms with Crippen molar-refractivity contribution in [1.82, 2.24) is 9.13 Å². The molecule has 1 aliphatic rings. The van der Waals surface area contributed by atoms with Gasteiger partial charge < -0.3 is 14.0 Å². The van der Waals surface area contributed by atoms with Crippen molar-refractivity contribution >= 4 is 60.8 Å². The molecule has 3 heterocycles. The van der Waals surface area contributed by atoms with Crippen LogP contribution in [0.25, 0.3) is 55.0 Å². The quantitative estimate of drug-likeness (QED) is 0.164. The fourth-order valence-electron chi connectivity index (χ4n) is 8.83. The zero-order valence-electron chi connectivity index (χ0n) is 31.7. The zero-order valence-corrected chi connectivity index (χ0v) is 31.7. The van der Waals surface area contributed by atoms with Gasteiger partial charge in [-0.3, -0.25) is 0 Å². The minimum Gasteiger partial charge on any atom is -0.307 e. The van der Waals surface area contributed by atoms with Crippen molar-refractivity contribution in [3.8, 4) is 11.4 Å². The van der Waals surface area contributed by atoms with Gasteiger partial charge in [0.2, 0.25) is 0 Å². The van der Waals surface area contributed by atoms with E-state index in [-0.39, 0.29) is 0 Å². The Morgan fingerprint density at radius 2 is 0.818 bits per heavy atom. The lowest BCUT2D eigenvalue weighted by atomic mass is 9.91. The van der Waals surface area contributed by atoms with Crippen LogP contribution in [0.4, 0.5) is 11.4 Å². The molecular formula is C50H43N5. The lowest BCUT2D eigenvalue weighted by Crippen LogP contribution is -2.34. The Labute approximate surface area is 322 Å². The van der Waals surface area contributed by atoms with Gasteiger partial charge in [-0.05, 0) is 59.4 Å². The largest absolute Gasteiger partial charge is 0.307 e. The molecule has 0 saturated heterocycles. The summed E-state index contributed by atoms with van der Waals surface area (Å²) in [4.78, 5) is 2.47. The molecule has 0 N–H and O–H groups in total. The van der Waals surface area contributed by atoms with Crippen LogP contribution < -0.4 is 9.91 Å². The van der Waals surface area contributed by atoms with E-state index in [2.05, 4.69) is 211 Å². The molecule has 7 aromatic carbocycles. The van der Waals surface area contributed by atoms with Crippen LogP contribution in [-0.2, 0) is 0 Å². The standard InChI is InChI=1S/C50H43N5/c1-33(2)36-24-16-25-37(34(3)4)48(36)52-32-53(51-50(52)35-18-6-5-7-19-35)49-46(54-42-26-12-8-20-38(42)39-21-9-13-27-43(39)54)30-17-31-47(49)55-44-28-14-10-22-40(44)41-23-11-15-29-45(41)55/h5-31,33-34H,32H2,1-4H3. The molecule has 0 fully saturated rings. The molecule has 2 aromatic heterocycles. The summed E-state index contributed by atoms with van der Waals surface area (Å²) >= 11 is 0. The molecule has 0 bridgehead atoms. The molecule has 0 aliphatic carbocycles. The highest BCUT2D eigenvalue weighted by atomic mass is 15.6. The number of para-hydroxylation sites is 6. The average molecular weight is 714 g/mol. The third-order valence-corrected chi connectivity index (χ3v) is 11.3. The fourth-order valence-corrected chi connectivity index (χ4v) is 8.83. The number of nitrogens with zero attached hydrogens (tertiary/aromatic N) is 5. The number of benzene rings is 7. The molecule has 0 spiro atoms. The molecule has 0 amide bonds. The van der Waals surface area contributed by atoms with E-state index in [1.54, 1.807) is 0 Å². The Bertz CT molecular complexity index is 2660. The summed E-state index contributed by atoms with van der Waals surface area (Å²) in [5.41, 5.74) is 12.9. The van der Waals surface area contributed by atoms with Gasteiger partial charge in [-0.1, -0.05) is 155 Å². The molecule has 0 atom stereocenters. The second-order valence-corrected chi connectivity index (χ2v) is 15.2. The van der Waals surface area contributed by atoms with Crippen molar-refractivity contribution in [3.05, 3.63) is 180 Å². The summed E-state index contributed by atoms with van der Waals surface area (Å²) in [6.07, 6.45) is 0. The first-order valence-electron chi connectivity index (χ1n) is 19.4. The van der Waals surface area contributed by atoms with Gasteiger partial charge in [0.15, 0.2) is 5.84 Å². The maximum atomic E-state index is 5.70. The molecule has 268 valence electrons. The highest BCUT2D eigenvalue weighted by Crippen LogP contribution is 2.45. The normalized spacial score (nSPS) is 13.4. The van der Waals surface area contributed by atoms with Crippen LogP contribution in [-0.4, -0.2) is 21.6 Å². The van der Waals surface area contributed by atoms with Gasteiger partial charge in [-0.25, -0.2) is 5.01 Å². The molecule has 9 aromatic rings. The van der Waals surface area contributed by atoms with E-state index in [4.69, 9.17) is 5.10 Å². The van der Waals surface area contributed by atoms with Crippen molar-refractivity contribution in [3.63, 3.8) is 0 Å². The van der Waals surface area contributed by atoms with E-state index in [0.717, 1.165) is 28.5 Å². The van der Waals surface area contributed by atoms with Gasteiger partial charge in [0.05, 0.1) is 39.1 Å². The molecule has 0 saturated carbocycles. The number of amidine groups is 1. The number of rotatable bonds is 7. The lowest BCUT2D eigenvalue weighted by molar-refractivity contribution is 0.815. The summed E-state index contributed by atoms with van der Waals surface area (Å²) < 4.78 is 4.89. The number of hydrazone groups is 1. The van der Waals surface area contributed by atoms with Crippen LogP contribution >= 0.6 is 0 Å². The second kappa shape index (κ2) is 13.1. The minimum absolute atomic E-state index is 0.331.